The highest BCUT2D eigenvalue weighted by molar-refractivity contribution is 4.88. The number of hydrogen-bond acceptors (Lipinski definition) is 4. The maximum absolute atomic E-state index is 9.52. The van der Waals surface area contributed by atoms with Gasteiger partial charge in [-0.15, -0.1) is 0 Å². The zero-order valence-corrected chi connectivity index (χ0v) is 7.19. The monoisotopic (exact) mass is 172 g/mol. The molecule has 0 amide bonds. The van der Waals surface area contributed by atoms with Gasteiger partial charge in [0.25, 0.3) is 0 Å². The highest BCUT2D eigenvalue weighted by Gasteiger charge is 2.32. The molecule has 4 atom stereocenters. The molecular formula is C8H16N2O2. The summed E-state index contributed by atoms with van der Waals surface area (Å²) in [5.41, 5.74) is 0. The minimum Gasteiger partial charge on any atom is -0.395 e. The third-order valence-electron chi connectivity index (χ3n) is 2.81. The quantitative estimate of drug-likeness (QED) is 0.497. The number of piperazine rings is 1. The van der Waals surface area contributed by atoms with E-state index in [0.717, 1.165) is 32.7 Å². The largest absolute Gasteiger partial charge is 0.395 e. The van der Waals surface area contributed by atoms with E-state index in [1.165, 1.54) is 0 Å². The van der Waals surface area contributed by atoms with Gasteiger partial charge in [0.05, 0.1) is 12.7 Å². The van der Waals surface area contributed by atoms with Crippen LogP contribution in [-0.4, -0.2) is 71.5 Å². The molecule has 3 fully saturated rings. The smallest absolute Gasteiger partial charge is 0.0793 e. The van der Waals surface area contributed by atoms with Crippen LogP contribution in [0.5, 0.6) is 0 Å². The maximum atomic E-state index is 9.52. The van der Waals surface area contributed by atoms with Crippen molar-refractivity contribution >= 4 is 0 Å². The van der Waals surface area contributed by atoms with Gasteiger partial charge in [0, 0.05) is 38.8 Å². The van der Waals surface area contributed by atoms with Gasteiger partial charge in [-0.3, -0.25) is 9.80 Å². The van der Waals surface area contributed by atoms with Gasteiger partial charge in [-0.1, -0.05) is 0 Å². The predicted octanol–water partition coefficient (Wildman–Crippen LogP) is -1.66. The van der Waals surface area contributed by atoms with Crippen LogP contribution in [-0.2, 0) is 0 Å². The van der Waals surface area contributed by atoms with Gasteiger partial charge < -0.3 is 10.2 Å². The van der Waals surface area contributed by atoms with Gasteiger partial charge in [-0.2, -0.15) is 0 Å². The third-order valence-corrected chi connectivity index (χ3v) is 2.81. The number of hydrogen-bond donors (Lipinski definition) is 2. The molecular weight excluding hydrogens is 156 g/mol. The Bertz CT molecular complexity index is 165. The van der Waals surface area contributed by atoms with E-state index >= 15 is 0 Å². The molecule has 0 spiro atoms. The average Bonchev–Trinajstić information content (AvgIpc) is 2.32. The first-order valence-electron chi connectivity index (χ1n) is 4.55. The Morgan fingerprint density at radius 3 is 2.75 bits per heavy atom. The van der Waals surface area contributed by atoms with Crippen molar-refractivity contribution in [2.24, 2.45) is 0 Å². The van der Waals surface area contributed by atoms with E-state index in [-0.39, 0.29) is 18.8 Å². The Morgan fingerprint density at radius 2 is 2.00 bits per heavy atom. The van der Waals surface area contributed by atoms with Gasteiger partial charge in [0.2, 0.25) is 0 Å². The molecule has 3 aliphatic rings. The van der Waals surface area contributed by atoms with Crippen LogP contribution in [0.4, 0.5) is 0 Å². The van der Waals surface area contributed by atoms with E-state index in [9.17, 15) is 5.11 Å². The van der Waals surface area contributed by atoms with Crippen LogP contribution < -0.4 is 0 Å². The lowest BCUT2D eigenvalue weighted by Crippen LogP contribution is -2.51. The molecule has 12 heavy (non-hydrogen) atoms. The highest BCUT2D eigenvalue weighted by atomic mass is 16.3. The molecule has 4 unspecified atom stereocenters. The molecule has 3 saturated heterocycles. The molecule has 70 valence electrons. The summed E-state index contributed by atoms with van der Waals surface area (Å²) >= 11 is 0. The summed E-state index contributed by atoms with van der Waals surface area (Å²) in [5, 5.41) is 18.6. The van der Waals surface area contributed by atoms with Crippen molar-refractivity contribution in [2.45, 2.75) is 12.1 Å². The molecule has 2 bridgehead atoms. The highest BCUT2D eigenvalue weighted by Crippen LogP contribution is 2.15. The summed E-state index contributed by atoms with van der Waals surface area (Å²) in [6.07, 6.45) is -0.232. The van der Waals surface area contributed by atoms with Crippen LogP contribution in [0, 0.1) is 0 Å². The van der Waals surface area contributed by atoms with Crippen molar-refractivity contribution in [2.75, 3.05) is 39.3 Å². The zero-order chi connectivity index (χ0) is 8.55. The van der Waals surface area contributed by atoms with Crippen LogP contribution >= 0.6 is 0 Å². The predicted molar refractivity (Wildman–Crippen MR) is 44.9 cm³/mol. The topological polar surface area (TPSA) is 46.9 Å². The number of nitrogens with zero attached hydrogens (tertiary/aromatic N) is 2. The molecule has 0 aromatic rings. The van der Waals surface area contributed by atoms with E-state index in [2.05, 4.69) is 9.80 Å². The van der Waals surface area contributed by atoms with Crippen molar-refractivity contribution < 1.29 is 10.2 Å². The van der Waals surface area contributed by atoms with E-state index in [1.807, 2.05) is 0 Å². The minimum atomic E-state index is -0.232. The van der Waals surface area contributed by atoms with Gasteiger partial charge in [-0.05, 0) is 0 Å². The van der Waals surface area contributed by atoms with Crippen molar-refractivity contribution in [1.29, 1.82) is 0 Å². The molecule has 0 saturated carbocycles. The second-order valence-corrected chi connectivity index (χ2v) is 3.74. The molecule has 2 N–H and O–H groups in total. The van der Waals surface area contributed by atoms with E-state index in [0.29, 0.717) is 0 Å². The first-order chi connectivity index (χ1) is 5.79. The average molecular weight is 172 g/mol. The van der Waals surface area contributed by atoms with Crippen molar-refractivity contribution in [3.05, 3.63) is 0 Å². The Balaban J connectivity index is 2.07. The van der Waals surface area contributed by atoms with Gasteiger partial charge in [0.15, 0.2) is 0 Å². The first-order valence-corrected chi connectivity index (χ1v) is 4.55. The van der Waals surface area contributed by atoms with Gasteiger partial charge >= 0.3 is 0 Å². The van der Waals surface area contributed by atoms with Crippen LogP contribution in [0.25, 0.3) is 0 Å². The van der Waals surface area contributed by atoms with Gasteiger partial charge in [-0.25, -0.2) is 0 Å². The Kier molecular flexibility index (Phi) is 2.32. The molecule has 0 radical (unpaired) electrons. The Morgan fingerprint density at radius 1 is 1.17 bits per heavy atom. The van der Waals surface area contributed by atoms with E-state index in [4.69, 9.17) is 5.11 Å². The fourth-order valence-electron chi connectivity index (χ4n) is 2.16. The van der Waals surface area contributed by atoms with Crippen LogP contribution in [0.1, 0.15) is 0 Å². The van der Waals surface area contributed by atoms with Crippen molar-refractivity contribution in [3.8, 4) is 0 Å². The summed E-state index contributed by atoms with van der Waals surface area (Å²) in [4.78, 5) is 4.42. The molecule has 3 rings (SSSR count). The molecule has 0 aromatic heterocycles. The summed E-state index contributed by atoms with van der Waals surface area (Å²) in [6.45, 7) is 4.64. The molecule has 0 aromatic carbocycles. The minimum absolute atomic E-state index is 0.212. The summed E-state index contributed by atoms with van der Waals surface area (Å²) in [5.74, 6) is 0. The number of aliphatic hydroxyl groups excluding tert-OH is 2. The summed E-state index contributed by atoms with van der Waals surface area (Å²) < 4.78 is 0. The SMILES string of the molecule is OCC1CN2CCN1CC(O)C2. The fraction of sp³-hybridized carbons (Fsp3) is 1.00. The van der Waals surface area contributed by atoms with Crippen LogP contribution in [0.15, 0.2) is 0 Å². The Labute approximate surface area is 72.4 Å². The maximum Gasteiger partial charge on any atom is 0.0793 e. The second kappa shape index (κ2) is 3.30. The lowest BCUT2D eigenvalue weighted by molar-refractivity contribution is 0.0660. The molecule has 0 aliphatic carbocycles. The molecule has 4 nitrogen and oxygen atoms in total. The molecule has 3 heterocycles. The normalized spacial score (nSPS) is 47.5. The van der Waals surface area contributed by atoms with Crippen LogP contribution in [0.2, 0.25) is 0 Å². The number of fused-ring (bicyclic) bond motifs is 4. The zero-order valence-electron chi connectivity index (χ0n) is 7.19. The van der Waals surface area contributed by atoms with E-state index < -0.39 is 0 Å². The van der Waals surface area contributed by atoms with Crippen molar-refractivity contribution in [1.82, 2.24) is 9.80 Å². The third kappa shape index (κ3) is 1.47. The van der Waals surface area contributed by atoms with Crippen molar-refractivity contribution in [3.63, 3.8) is 0 Å². The number of aliphatic hydroxyl groups is 2. The molecule has 4 heteroatoms. The van der Waals surface area contributed by atoms with Gasteiger partial charge in [0.1, 0.15) is 0 Å². The lowest BCUT2D eigenvalue weighted by atomic mass is 10.2. The van der Waals surface area contributed by atoms with E-state index in [1.54, 1.807) is 0 Å². The molecule has 3 aliphatic heterocycles. The summed E-state index contributed by atoms with van der Waals surface area (Å²) in [7, 11) is 0. The second-order valence-electron chi connectivity index (χ2n) is 3.74. The first kappa shape index (κ1) is 8.44. The lowest BCUT2D eigenvalue weighted by Gasteiger charge is -2.36. The van der Waals surface area contributed by atoms with Crippen LogP contribution in [0.3, 0.4) is 0 Å². The Hall–Kier alpha value is -0.160. The fourth-order valence-corrected chi connectivity index (χ4v) is 2.16. The standard InChI is InChI=1S/C8H16N2O2/c11-6-7-3-9-1-2-10(7)5-8(12)4-9/h7-8,11-12H,1-6H2. The number of rotatable bonds is 1. The summed E-state index contributed by atoms with van der Waals surface area (Å²) in [6, 6.07) is 0.246.